The second-order valence-electron chi connectivity index (χ2n) is 4.92. The van der Waals surface area contributed by atoms with Crippen LogP contribution < -0.4 is 10.1 Å². The van der Waals surface area contributed by atoms with Gasteiger partial charge in [0.15, 0.2) is 6.61 Å². The topological polar surface area (TPSA) is 84.7 Å². The summed E-state index contributed by atoms with van der Waals surface area (Å²) in [4.78, 5) is 25.3. The molecule has 0 bridgehead atoms. The van der Waals surface area contributed by atoms with Gasteiger partial charge in [0.1, 0.15) is 11.3 Å². The molecule has 1 aromatic heterocycles. The third-order valence-electron chi connectivity index (χ3n) is 3.10. The fraction of sp³-hybridized carbons (Fsp3) is 0.583. The SMILES string of the molecule is Cc1cc(OCC(=O)N2CCNC(=O)C2(C)C)no1. The number of carbonyl (C=O) groups is 2. The van der Waals surface area contributed by atoms with Gasteiger partial charge >= 0.3 is 0 Å². The molecule has 7 heteroatoms. The summed E-state index contributed by atoms with van der Waals surface area (Å²) in [5.74, 6) is 0.468. The number of hydrogen-bond acceptors (Lipinski definition) is 5. The molecular formula is C12H17N3O4. The molecule has 0 saturated carbocycles. The summed E-state index contributed by atoms with van der Waals surface area (Å²) in [5.41, 5.74) is -0.863. The quantitative estimate of drug-likeness (QED) is 0.839. The summed E-state index contributed by atoms with van der Waals surface area (Å²) in [6.45, 7) is 5.91. The first-order valence-corrected chi connectivity index (χ1v) is 6.06. The lowest BCUT2D eigenvalue weighted by Crippen LogP contribution is -2.64. The van der Waals surface area contributed by atoms with E-state index >= 15 is 0 Å². The third kappa shape index (κ3) is 2.69. The molecule has 0 radical (unpaired) electrons. The Balaban J connectivity index is 1.97. The molecule has 2 rings (SSSR count). The van der Waals surface area contributed by atoms with Gasteiger partial charge in [-0.15, -0.1) is 0 Å². The minimum Gasteiger partial charge on any atom is -0.465 e. The van der Waals surface area contributed by atoms with Gasteiger partial charge in [-0.05, 0) is 25.9 Å². The minimum atomic E-state index is -0.863. The molecule has 0 aromatic carbocycles. The average Bonchev–Trinajstić information content (AvgIpc) is 2.75. The highest BCUT2D eigenvalue weighted by Crippen LogP contribution is 2.18. The Morgan fingerprint density at radius 1 is 1.63 bits per heavy atom. The molecule has 2 amide bonds. The van der Waals surface area contributed by atoms with Gasteiger partial charge < -0.3 is 19.5 Å². The summed E-state index contributed by atoms with van der Waals surface area (Å²) < 4.78 is 10.1. The van der Waals surface area contributed by atoms with E-state index in [1.54, 1.807) is 26.8 Å². The number of aryl methyl sites for hydroxylation is 1. The molecule has 0 unspecified atom stereocenters. The van der Waals surface area contributed by atoms with Crippen molar-refractivity contribution in [1.82, 2.24) is 15.4 Å². The highest BCUT2D eigenvalue weighted by atomic mass is 16.5. The van der Waals surface area contributed by atoms with Crippen LogP contribution in [-0.2, 0) is 9.59 Å². The van der Waals surface area contributed by atoms with Crippen LogP contribution in [0.2, 0.25) is 0 Å². The number of rotatable bonds is 3. The summed E-state index contributed by atoms with van der Waals surface area (Å²) >= 11 is 0. The Morgan fingerprint density at radius 3 is 3.00 bits per heavy atom. The molecule has 0 aliphatic carbocycles. The van der Waals surface area contributed by atoms with Crippen LogP contribution in [0.3, 0.4) is 0 Å². The van der Waals surface area contributed by atoms with Crippen molar-refractivity contribution in [2.75, 3.05) is 19.7 Å². The van der Waals surface area contributed by atoms with E-state index in [0.717, 1.165) is 0 Å². The van der Waals surface area contributed by atoms with Crippen LogP contribution in [0.1, 0.15) is 19.6 Å². The van der Waals surface area contributed by atoms with Crippen molar-refractivity contribution < 1.29 is 18.8 Å². The smallest absolute Gasteiger partial charge is 0.261 e. The van der Waals surface area contributed by atoms with Crippen LogP contribution in [-0.4, -0.2) is 47.1 Å². The molecule has 1 N–H and O–H groups in total. The van der Waals surface area contributed by atoms with Crippen LogP contribution in [0.5, 0.6) is 5.88 Å². The summed E-state index contributed by atoms with van der Waals surface area (Å²) in [7, 11) is 0. The largest absolute Gasteiger partial charge is 0.465 e. The molecule has 0 spiro atoms. The first-order chi connectivity index (χ1) is 8.91. The highest BCUT2D eigenvalue weighted by molar-refractivity contribution is 5.92. The maximum Gasteiger partial charge on any atom is 0.261 e. The van der Waals surface area contributed by atoms with Gasteiger partial charge in [-0.25, -0.2) is 0 Å². The third-order valence-corrected chi connectivity index (χ3v) is 3.10. The van der Waals surface area contributed by atoms with Crippen molar-refractivity contribution >= 4 is 11.8 Å². The lowest BCUT2D eigenvalue weighted by molar-refractivity contribution is -0.150. The molecule has 2 heterocycles. The van der Waals surface area contributed by atoms with Crippen molar-refractivity contribution in [3.8, 4) is 5.88 Å². The summed E-state index contributed by atoms with van der Waals surface area (Å²) in [6, 6.07) is 1.60. The van der Waals surface area contributed by atoms with E-state index < -0.39 is 5.54 Å². The van der Waals surface area contributed by atoms with E-state index in [0.29, 0.717) is 18.8 Å². The van der Waals surface area contributed by atoms with E-state index in [-0.39, 0.29) is 24.3 Å². The lowest BCUT2D eigenvalue weighted by atomic mass is 9.99. The van der Waals surface area contributed by atoms with Crippen LogP contribution in [0.25, 0.3) is 0 Å². The van der Waals surface area contributed by atoms with Crippen LogP contribution in [0.15, 0.2) is 10.6 Å². The minimum absolute atomic E-state index is 0.163. The first-order valence-electron chi connectivity index (χ1n) is 6.06. The molecule has 1 fully saturated rings. The van der Waals surface area contributed by atoms with E-state index in [2.05, 4.69) is 10.5 Å². The van der Waals surface area contributed by atoms with Gasteiger partial charge in [0.2, 0.25) is 5.91 Å². The first kappa shape index (κ1) is 13.4. The molecule has 1 saturated heterocycles. The van der Waals surface area contributed by atoms with Crippen molar-refractivity contribution in [3.05, 3.63) is 11.8 Å². The fourth-order valence-corrected chi connectivity index (χ4v) is 1.96. The van der Waals surface area contributed by atoms with Crippen LogP contribution in [0.4, 0.5) is 0 Å². The zero-order valence-corrected chi connectivity index (χ0v) is 11.2. The summed E-state index contributed by atoms with van der Waals surface area (Å²) in [6.07, 6.45) is 0. The highest BCUT2D eigenvalue weighted by Gasteiger charge is 2.40. The predicted molar refractivity (Wildman–Crippen MR) is 65.5 cm³/mol. The Hall–Kier alpha value is -2.05. The Labute approximate surface area is 110 Å². The number of carbonyl (C=O) groups excluding carboxylic acids is 2. The van der Waals surface area contributed by atoms with Crippen molar-refractivity contribution in [2.24, 2.45) is 0 Å². The average molecular weight is 267 g/mol. The number of nitrogens with zero attached hydrogens (tertiary/aromatic N) is 2. The Morgan fingerprint density at radius 2 is 2.37 bits per heavy atom. The molecule has 1 aliphatic rings. The zero-order chi connectivity index (χ0) is 14.0. The molecule has 104 valence electrons. The van der Waals surface area contributed by atoms with Crippen molar-refractivity contribution in [2.45, 2.75) is 26.3 Å². The van der Waals surface area contributed by atoms with Crippen molar-refractivity contribution in [3.63, 3.8) is 0 Å². The number of piperazine rings is 1. The second kappa shape index (κ2) is 4.91. The molecule has 19 heavy (non-hydrogen) atoms. The maximum absolute atomic E-state index is 12.1. The van der Waals surface area contributed by atoms with Gasteiger partial charge in [-0.3, -0.25) is 9.59 Å². The van der Waals surface area contributed by atoms with Gasteiger partial charge in [-0.1, -0.05) is 0 Å². The molecule has 1 aliphatic heterocycles. The monoisotopic (exact) mass is 267 g/mol. The zero-order valence-electron chi connectivity index (χ0n) is 11.2. The van der Waals surface area contributed by atoms with E-state index in [1.807, 2.05) is 0 Å². The second-order valence-corrected chi connectivity index (χ2v) is 4.92. The van der Waals surface area contributed by atoms with Crippen LogP contribution in [0, 0.1) is 6.92 Å². The fourth-order valence-electron chi connectivity index (χ4n) is 1.96. The molecular weight excluding hydrogens is 250 g/mol. The predicted octanol–water partition coefficient (Wildman–Crippen LogP) is 0.0988. The normalized spacial score (nSPS) is 18.1. The Bertz CT molecular complexity index is 495. The number of aromatic nitrogens is 1. The molecule has 1 aromatic rings. The van der Waals surface area contributed by atoms with Crippen LogP contribution >= 0.6 is 0 Å². The number of nitrogens with one attached hydrogen (secondary N) is 1. The Kier molecular flexibility index (Phi) is 3.46. The van der Waals surface area contributed by atoms with Gasteiger partial charge in [0.05, 0.1) is 0 Å². The van der Waals surface area contributed by atoms with E-state index in [9.17, 15) is 9.59 Å². The van der Waals surface area contributed by atoms with E-state index in [4.69, 9.17) is 9.26 Å². The van der Waals surface area contributed by atoms with E-state index in [1.165, 1.54) is 4.90 Å². The van der Waals surface area contributed by atoms with Crippen molar-refractivity contribution in [1.29, 1.82) is 0 Å². The standard InChI is InChI=1S/C12H17N3O4/c1-8-6-9(14-19-8)18-7-10(16)15-5-4-13-11(17)12(15,2)3/h6H,4-5,7H2,1-3H3,(H,13,17). The van der Waals surface area contributed by atoms with Gasteiger partial charge in [-0.2, -0.15) is 0 Å². The number of ether oxygens (including phenoxy) is 1. The maximum atomic E-state index is 12.1. The lowest BCUT2D eigenvalue weighted by Gasteiger charge is -2.40. The summed E-state index contributed by atoms with van der Waals surface area (Å²) in [5, 5.41) is 6.37. The van der Waals surface area contributed by atoms with Gasteiger partial charge in [0.25, 0.3) is 11.8 Å². The van der Waals surface area contributed by atoms with Gasteiger partial charge in [0, 0.05) is 19.2 Å². The molecule has 7 nitrogen and oxygen atoms in total. The number of amides is 2. The molecule has 0 atom stereocenters. The number of hydrogen-bond donors (Lipinski definition) is 1.